The number of rotatable bonds is 7. The average Bonchev–Trinajstić information content (AvgIpc) is 2.96. The van der Waals surface area contributed by atoms with Crippen molar-refractivity contribution in [2.24, 2.45) is 0 Å². The molecule has 3 nitrogen and oxygen atoms in total. The van der Waals surface area contributed by atoms with Gasteiger partial charge in [-0.2, -0.15) is 0 Å². The van der Waals surface area contributed by atoms with E-state index in [9.17, 15) is 0 Å². The van der Waals surface area contributed by atoms with E-state index >= 15 is 0 Å². The number of thiophene rings is 1. The fraction of sp³-hybridized carbons (Fsp3) is 0.438. The molecule has 0 amide bonds. The summed E-state index contributed by atoms with van der Waals surface area (Å²) in [6.45, 7) is 7.06. The zero-order chi connectivity index (χ0) is 14.4. The minimum Gasteiger partial charge on any atom is -0.374 e. The van der Waals surface area contributed by atoms with E-state index in [4.69, 9.17) is 0 Å². The lowest BCUT2D eigenvalue weighted by Crippen LogP contribution is -2.23. The van der Waals surface area contributed by atoms with E-state index < -0.39 is 0 Å². The molecule has 20 heavy (non-hydrogen) atoms. The Morgan fingerprint density at radius 3 is 2.95 bits per heavy atom. The Balaban J connectivity index is 2.06. The second-order valence-electron chi connectivity index (χ2n) is 4.99. The van der Waals surface area contributed by atoms with Gasteiger partial charge in [-0.25, -0.2) is 0 Å². The van der Waals surface area contributed by atoms with Crippen molar-refractivity contribution < 1.29 is 0 Å². The van der Waals surface area contributed by atoms with Crippen LogP contribution < -0.4 is 10.2 Å². The van der Waals surface area contributed by atoms with Crippen LogP contribution in [0.4, 0.5) is 5.69 Å². The minimum atomic E-state index is 0.877. The first-order valence-corrected chi connectivity index (χ1v) is 7.98. The van der Waals surface area contributed by atoms with E-state index in [1.165, 1.54) is 16.1 Å². The van der Waals surface area contributed by atoms with Gasteiger partial charge in [-0.1, -0.05) is 13.0 Å². The molecule has 1 N–H and O–H groups in total. The number of anilines is 1. The SMILES string of the molecule is CCNCc1cnc(C)cc1N(C)CCc1cccs1. The predicted octanol–water partition coefficient (Wildman–Crippen LogP) is 3.24. The van der Waals surface area contributed by atoms with Gasteiger partial charge in [0.05, 0.1) is 0 Å². The van der Waals surface area contributed by atoms with Gasteiger partial charge in [-0.05, 0) is 37.4 Å². The summed E-state index contributed by atoms with van der Waals surface area (Å²) in [6, 6.07) is 6.50. The molecule has 0 spiro atoms. The molecule has 0 saturated carbocycles. The summed E-state index contributed by atoms with van der Waals surface area (Å²) < 4.78 is 0. The first-order chi connectivity index (χ1) is 9.70. The molecule has 0 aliphatic rings. The van der Waals surface area contributed by atoms with E-state index in [2.05, 4.69) is 52.8 Å². The highest BCUT2D eigenvalue weighted by molar-refractivity contribution is 7.09. The van der Waals surface area contributed by atoms with Crippen molar-refractivity contribution in [1.29, 1.82) is 0 Å². The topological polar surface area (TPSA) is 28.2 Å². The first kappa shape index (κ1) is 15.0. The van der Waals surface area contributed by atoms with Crippen LogP contribution in [0.2, 0.25) is 0 Å². The van der Waals surface area contributed by atoms with Crippen LogP contribution in [0, 0.1) is 6.92 Å². The Labute approximate surface area is 125 Å². The van der Waals surface area contributed by atoms with E-state index in [0.29, 0.717) is 0 Å². The molecule has 2 heterocycles. The van der Waals surface area contributed by atoms with Crippen molar-refractivity contribution in [3.8, 4) is 0 Å². The van der Waals surface area contributed by atoms with E-state index in [1.807, 2.05) is 24.5 Å². The summed E-state index contributed by atoms with van der Waals surface area (Å²) in [5, 5.41) is 5.53. The van der Waals surface area contributed by atoms with Gasteiger partial charge in [-0.3, -0.25) is 4.98 Å². The van der Waals surface area contributed by atoms with Crippen LogP contribution in [0.1, 0.15) is 23.1 Å². The fourth-order valence-electron chi connectivity index (χ4n) is 2.18. The summed E-state index contributed by atoms with van der Waals surface area (Å²) in [6.07, 6.45) is 3.09. The molecule has 0 fully saturated rings. The summed E-state index contributed by atoms with van der Waals surface area (Å²) >= 11 is 1.83. The highest BCUT2D eigenvalue weighted by Gasteiger charge is 2.09. The Hall–Kier alpha value is -1.39. The third-order valence-electron chi connectivity index (χ3n) is 3.35. The minimum absolute atomic E-state index is 0.877. The van der Waals surface area contributed by atoms with Crippen molar-refractivity contribution >= 4 is 17.0 Å². The highest BCUT2D eigenvalue weighted by atomic mass is 32.1. The zero-order valence-corrected chi connectivity index (χ0v) is 13.3. The normalized spacial score (nSPS) is 10.8. The van der Waals surface area contributed by atoms with Gasteiger partial charge >= 0.3 is 0 Å². The first-order valence-electron chi connectivity index (χ1n) is 7.10. The molecule has 0 bridgehead atoms. The van der Waals surface area contributed by atoms with Crippen molar-refractivity contribution in [1.82, 2.24) is 10.3 Å². The molecule has 4 heteroatoms. The summed E-state index contributed by atoms with van der Waals surface area (Å²) in [7, 11) is 2.16. The highest BCUT2D eigenvalue weighted by Crippen LogP contribution is 2.20. The van der Waals surface area contributed by atoms with Crippen molar-refractivity contribution in [2.45, 2.75) is 26.8 Å². The van der Waals surface area contributed by atoms with Gasteiger partial charge in [-0.15, -0.1) is 11.3 Å². The molecule has 0 radical (unpaired) electrons. The standard InChI is InChI=1S/C16H23N3S/c1-4-17-11-14-12-18-13(2)10-16(14)19(3)8-7-15-6-5-9-20-15/h5-6,9-10,12,17H,4,7-8,11H2,1-3H3. The van der Waals surface area contributed by atoms with Gasteiger partial charge in [0.15, 0.2) is 0 Å². The zero-order valence-electron chi connectivity index (χ0n) is 12.5. The smallest absolute Gasteiger partial charge is 0.0443 e. The van der Waals surface area contributed by atoms with Crippen LogP contribution in [0.5, 0.6) is 0 Å². The maximum atomic E-state index is 4.42. The number of likely N-dealkylation sites (N-methyl/N-ethyl adjacent to an activating group) is 1. The molecule has 2 rings (SSSR count). The predicted molar refractivity (Wildman–Crippen MR) is 87.6 cm³/mol. The fourth-order valence-corrected chi connectivity index (χ4v) is 2.88. The van der Waals surface area contributed by atoms with E-state index in [-0.39, 0.29) is 0 Å². The summed E-state index contributed by atoms with van der Waals surface area (Å²) in [4.78, 5) is 8.20. The van der Waals surface area contributed by atoms with Crippen molar-refractivity contribution in [2.75, 3.05) is 25.0 Å². The largest absolute Gasteiger partial charge is 0.374 e. The molecule has 0 unspecified atom stereocenters. The number of hydrogen-bond acceptors (Lipinski definition) is 4. The average molecular weight is 289 g/mol. The second-order valence-corrected chi connectivity index (χ2v) is 6.02. The molecular weight excluding hydrogens is 266 g/mol. The lowest BCUT2D eigenvalue weighted by atomic mass is 10.2. The van der Waals surface area contributed by atoms with Gasteiger partial charge in [0.2, 0.25) is 0 Å². The molecule has 2 aromatic rings. The Morgan fingerprint density at radius 1 is 1.40 bits per heavy atom. The summed E-state index contributed by atoms with van der Waals surface area (Å²) in [5.41, 5.74) is 3.63. The lowest BCUT2D eigenvalue weighted by molar-refractivity contribution is 0.719. The summed E-state index contributed by atoms with van der Waals surface area (Å²) in [5.74, 6) is 0. The van der Waals surface area contributed by atoms with Crippen LogP contribution in [-0.2, 0) is 13.0 Å². The number of aromatic nitrogens is 1. The molecule has 0 aromatic carbocycles. The van der Waals surface area contributed by atoms with Crippen LogP contribution >= 0.6 is 11.3 Å². The number of nitrogens with zero attached hydrogens (tertiary/aromatic N) is 2. The number of nitrogens with one attached hydrogen (secondary N) is 1. The quantitative estimate of drug-likeness (QED) is 0.848. The lowest BCUT2D eigenvalue weighted by Gasteiger charge is -2.22. The van der Waals surface area contributed by atoms with Crippen LogP contribution in [0.25, 0.3) is 0 Å². The van der Waals surface area contributed by atoms with Gasteiger partial charge in [0.1, 0.15) is 0 Å². The molecule has 2 aromatic heterocycles. The maximum absolute atomic E-state index is 4.42. The van der Waals surface area contributed by atoms with Crippen molar-refractivity contribution in [3.63, 3.8) is 0 Å². The molecule has 0 aliphatic heterocycles. The van der Waals surface area contributed by atoms with E-state index in [0.717, 1.165) is 31.7 Å². The van der Waals surface area contributed by atoms with Crippen LogP contribution in [0.15, 0.2) is 29.8 Å². The Kier molecular flexibility index (Phi) is 5.56. The number of aryl methyl sites for hydroxylation is 1. The third kappa shape index (κ3) is 4.05. The van der Waals surface area contributed by atoms with E-state index in [1.54, 1.807) is 0 Å². The van der Waals surface area contributed by atoms with Crippen molar-refractivity contribution in [3.05, 3.63) is 45.9 Å². The molecule has 0 aliphatic carbocycles. The molecule has 108 valence electrons. The maximum Gasteiger partial charge on any atom is 0.0443 e. The van der Waals surface area contributed by atoms with Gasteiger partial charge < -0.3 is 10.2 Å². The van der Waals surface area contributed by atoms with Gasteiger partial charge in [0.25, 0.3) is 0 Å². The Morgan fingerprint density at radius 2 is 2.25 bits per heavy atom. The van der Waals surface area contributed by atoms with Crippen LogP contribution in [0.3, 0.4) is 0 Å². The molecule has 0 saturated heterocycles. The number of pyridine rings is 1. The second kappa shape index (κ2) is 7.41. The number of hydrogen-bond donors (Lipinski definition) is 1. The Bertz CT molecular complexity index is 523. The van der Waals surface area contributed by atoms with Gasteiger partial charge in [0, 0.05) is 48.2 Å². The monoisotopic (exact) mass is 289 g/mol. The third-order valence-corrected chi connectivity index (χ3v) is 4.29. The molecular formula is C16H23N3S. The van der Waals surface area contributed by atoms with Crippen LogP contribution in [-0.4, -0.2) is 25.1 Å². The molecule has 0 atom stereocenters.